The molecule has 0 aliphatic rings. The van der Waals surface area contributed by atoms with E-state index in [1.54, 1.807) is 13.2 Å². The van der Waals surface area contributed by atoms with Gasteiger partial charge in [0.05, 0.1) is 13.7 Å². The molecule has 112 valence electrons. The summed E-state index contributed by atoms with van der Waals surface area (Å²) in [7, 11) is 1.58. The van der Waals surface area contributed by atoms with Gasteiger partial charge in [0.15, 0.2) is 0 Å². The van der Waals surface area contributed by atoms with Crippen molar-refractivity contribution >= 4 is 0 Å². The van der Waals surface area contributed by atoms with E-state index in [0.717, 1.165) is 16.7 Å². The molecule has 0 radical (unpaired) electrons. The Hall–Kier alpha value is -1.91. The lowest BCUT2D eigenvalue weighted by Gasteiger charge is -2.17. The Morgan fingerprint density at radius 3 is 2.43 bits per heavy atom. The lowest BCUT2D eigenvalue weighted by molar-refractivity contribution is 0.282. The van der Waals surface area contributed by atoms with Crippen LogP contribution in [0.3, 0.4) is 0 Å². The summed E-state index contributed by atoms with van der Waals surface area (Å²) in [6.07, 6.45) is 0. The predicted molar refractivity (Wildman–Crippen MR) is 80.6 cm³/mol. The van der Waals surface area contributed by atoms with Crippen LogP contribution in [0.2, 0.25) is 0 Å². The Morgan fingerprint density at radius 2 is 1.81 bits per heavy atom. The number of aliphatic hydroxyl groups excluding tert-OH is 1. The molecule has 2 aromatic carbocycles. The topological polar surface area (TPSA) is 41.5 Å². The quantitative estimate of drug-likeness (QED) is 0.858. The van der Waals surface area contributed by atoms with E-state index < -0.39 is 0 Å². The van der Waals surface area contributed by atoms with E-state index in [0.29, 0.717) is 12.3 Å². The lowest BCUT2D eigenvalue weighted by Crippen LogP contribution is -2.19. The molecule has 0 heterocycles. The lowest BCUT2D eigenvalue weighted by atomic mass is 10.1. The second-order valence-electron chi connectivity index (χ2n) is 4.96. The number of halogens is 1. The number of nitrogens with one attached hydrogen (secondary N) is 1. The van der Waals surface area contributed by atoms with Crippen molar-refractivity contribution in [2.24, 2.45) is 0 Å². The fourth-order valence-corrected chi connectivity index (χ4v) is 2.19. The van der Waals surface area contributed by atoms with Crippen LogP contribution in [0.4, 0.5) is 4.39 Å². The van der Waals surface area contributed by atoms with Crippen LogP contribution in [0.1, 0.15) is 29.7 Å². The molecule has 0 saturated carbocycles. The van der Waals surface area contributed by atoms with Gasteiger partial charge in [0.1, 0.15) is 11.6 Å². The van der Waals surface area contributed by atoms with Crippen molar-refractivity contribution in [3.05, 3.63) is 65.0 Å². The summed E-state index contributed by atoms with van der Waals surface area (Å²) < 4.78 is 18.7. The molecular formula is C17H20FNO2. The molecule has 1 unspecified atom stereocenters. The molecule has 2 N–H and O–H groups in total. The van der Waals surface area contributed by atoms with Gasteiger partial charge in [0.25, 0.3) is 0 Å². The number of benzene rings is 2. The highest BCUT2D eigenvalue weighted by molar-refractivity contribution is 5.36. The fourth-order valence-electron chi connectivity index (χ4n) is 2.19. The Labute approximate surface area is 124 Å². The summed E-state index contributed by atoms with van der Waals surface area (Å²) in [5.41, 5.74) is 2.79. The van der Waals surface area contributed by atoms with E-state index in [1.165, 1.54) is 12.1 Å². The zero-order valence-corrected chi connectivity index (χ0v) is 12.3. The zero-order valence-electron chi connectivity index (χ0n) is 12.3. The van der Waals surface area contributed by atoms with Gasteiger partial charge in [-0.1, -0.05) is 24.3 Å². The van der Waals surface area contributed by atoms with Crippen LogP contribution in [-0.4, -0.2) is 12.2 Å². The van der Waals surface area contributed by atoms with Gasteiger partial charge in [-0.25, -0.2) is 4.39 Å². The van der Waals surface area contributed by atoms with E-state index in [9.17, 15) is 4.39 Å². The summed E-state index contributed by atoms with van der Waals surface area (Å²) in [4.78, 5) is 0. The van der Waals surface area contributed by atoms with E-state index >= 15 is 0 Å². The van der Waals surface area contributed by atoms with Gasteiger partial charge in [-0.05, 0) is 36.2 Å². The average Bonchev–Trinajstić information content (AvgIpc) is 2.53. The first kappa shape index (κ1) is 15.5. The summed E-state index contributed by atoms with van der Waals surface area (Å²) in [5.74, 6) is 0.402. The fraction of sp³-hybridized carbons (Fsp3) is 0.294. The van der Waals surface area contributed by atoms with E-state index in [2.05, 4.69) is 5.32 Å². The predicted octanol–water partition coefficient (Wildman–Crippen LogP) is 3.18. The minimum absolute atomic E-state index is 0.0341. The van der Waals surface area contributed by atoms with Crippen LogP contribution < -0.4 is 10.1 Å². The highest BCUT2D eigenvalue weighted by Gasteiger charge is 2.12. The molecule has 1 atom stereocenters. The standard InChI is InChI=1S/C17H20FNO2/c1-12(16-9-15(18)7-8-17(16)21-2)19-10-13-3-5-14(11-20)6-4-13/h3-9,12,19-20H,10-11H2,1-2H3. The Balaban J connectivity index is 2.03. The van der Waals surface area contributed by atoms with Gasteiger partial charge in [-0.15, -0.1) is 0 Å². The molecule has 0 bridgehead atoms. The number of ether oxygens (including phenoxy) is 1. The second-order valence-corrected chi connectivity index (χ2v) is 4.96. The third-order valence-electron chi connectivity index (χ3n) is 3.48. The molecule has 0 aromatic heterocycles. The van der Waals surface area contributed by atoms with Crippen LogP contribution >= 0.6 is 0 Å². The number of rotatable bonds is 6. The third kappa shape index (κ3) is 4.03. The largest absolute Gasteiger partial charge is 0.496 e. The van der Waals surface area contributed by atoms with E-state index in [-0.39, 0.29) is 18.5 Å². The summed E-state index contributed by atoms with van der Waals surface area (Å²) in [6.45, 7) is 2.68. The normalized spacial score (nSPS) is 12.2. The van der Waals surface area contributed by atoms with Crippen LogP contribution in [0.5, 0.6) is 5.75 Å². The number of hydrogen-bond acceptors (Lipinski definition) is 3. The van der Waals surface area contributed by atoms with Crippen molar-refractivity contribution in [3.8, 4) is 5.75 Å². The molecule has 0 saturated heterocycles. The highest BCUT2D eigenvalue weighted by Crippen LogP contribution is 2.26. The van der Waals surface area contributed by atoms with Crippen LogP contribution in [0.25, 0.3) is 0 Å². The second kappa shape index (κ2) is 7.20. The molecule has 3 nitrogen and oxygen atoms in total. The maximum absolute atomic E-state index is 13.4. The molecule has 0 spiro atoms. The van der Waals surface area contributed by atoms with E-state index in [1.807, 2.05) is 31.2 Å². The third-order valence-corrected chi connectivity index (χ3v) is 3.48. The van der Waals surface area contributed by atoms with Gasteiger partial charge < -0.3 is 15.2 Å². The summed E-state index contributed by atoms with van der Waals surface area (Å²) >= 11 is 0. The Morgan fingerprint density at radius 1 is 1.14 bits per heavy atom. The van der Waals surface area contributed by atoms with Crippen molar-refractivity contribution in [3.63, 3.8) is 0 Å². The van der Waals surface area contributed by atoms with Gasteiger partial charge >= 0.3 is 0 Å². The van der Waals surface area contributed by atoms with Crippen molar-refractivity contribution in [2.75, 3.05) is 7.11 Å². The first-order valence-electron chi connectivity index (χ1n) is 6.89. The van der Waals surface area contributed by atoms with Crippen LogP contribution in [0.15, 0.2) is 42.5 Å². The number of aliphatic hydroxyl groups is 1. The minimum Gasteiger partial charge on any atom is -0.496 e. The smallest absolute Gasteiger partial charge is 0.123 e. The number of methoxy groups -OCH3 is 1. The van der Waals surface area contributed by atoms with Crippen molar-refractivity contribution in [1.82, 2.24) is 5.32 Å². The highest BCUT2D eigenvalue weighted by atomic mass is 19.1. The summed E-state index contributed by atoms with van der Waals surface area (Å²) in [5, 5.41) is 12.4. The maximum Gasteiger partial charge on any atom is 0.123 e. The first-order chi connectivity index (χ1) is 10.1. The van der Waals surface area contributed by atoms with Gasteiger partial charge in [0.2, 0.25) is 0 Å². The Bertz CT molecular complexity index is 584. The summed E-state index contributed by atoms with van der Waals surface area (Å²) in [6, 6.07) is 12.2. The first-order valence-corrected chi connectivity index (χ1v) is 6.89. The van der Waals surface area contributed by atoms with Crippen LogP contribution in [-0.2, 0) is 13.2 Å². The van der Waals surface area contributed by atoms with Crippen molar-refractivity contribution < 1.29 is 14.2 Å². The average molecular weight is 289 g/mol. The molecule has 4 heteroatoms. The molecular weight excluding hydrogens is 269 g/mol. The van der Waals surface area contributed by atoms with Crippen molar-refractivity contribution in [1.29, 1.82) is 0 Å². The van der Waals surface area contributed by atoms with Gasteiger partial charge in [-0.3, -0.25) is 0 Å². The molecule has 0 aliphatic heterocycles. The van der Waals surface area contributed by atoms with Gasteiger partial charge in [-0.2, -0.15) is 0 Å². The Kier molecular flexibility index (Phi) is 5.31. The zero-order chi connectivity index (χ0) is 15.2. The van der Waals surface area contributed by atoms with E-state index in [4.69, 9.17) is 9.84 Å². The van der Waals surface area contributed by atoms with Crippen LogP contribution in [0, 0.1) is 5.82 Å². The monoisotopic (exact) mass is 289 g/mol. The molecule has 2 rings (SSSR count). The minimum atomic E-state index is -0.272. The molecule has 0 fully saturated rings. The molecule has 0 aliphatic carbocycles. The molecule has 21 heavy (non-hydrogen) atoms. The SMILES string of the molecule is COc1ccc(F)cc1C(C)NCc1ccc(CO)cc1. The van der Waals surface area contributed by atoms with Gasteiger partial charge in [0, 0.05) is 18.2 Å². The molecule has 0 amide bonds. The maximum atomic E-state index is 13.4. The molecule has 2 aromatic rings. The van der Waals surface area contributed by atoms with Crippen molar-refractivity contribution in [2.45, 2.75) is 26.1 Å². The number of hydrogen-bond donors (Lipinski definition) is 2.